The Hall–Kier alpha value is -0.330. The zero-order valence-corrected chi connectivity index (χ0v) is 6.44. The van der Waals surface area contributed by atoms with Gasteiger partial charge < -0.3 is 4.79 Å². The second-order valence-corrected chi connectivity index (χ2v) is 4.99. The normalized spacial score (nSPS) is 74.0. The molecule has 5 aliphatic rings. The standard InChI is InChI=1S/C10H12O/c11-3-4-1-5-6-2-7-9(5)10(7)8(4)6/h3-10H,1-2H2/t4-,5-,6-,7+,8+,9-,10-/m0/s1. The van der Waals surface area contributed by atoms with Crippen molar-refractivity contribution in [3.8, 4) is 0 Å². The van der Waals surface area contributed by atoms with E-state index < -0.39 is 0 Å². The van der Waals surface area contributed by atoms with Crippen LogP contribution in [0.15, 0.2) is 0 Å². The summed E-state index contributed by atoms with van der Waals surface area (Å²) in [4.78, 5) is 10.7. The van der Waals surface area contributed by atoms with Crippen LogP contribution in [0.5, 0.6) is 0 Å². The number of carbonyl (C=O) groups excluding carboxylic acids is 1. The molecular formula is C10H12O. The topological polar surface area (TPSA) is 17.1 Å². The third kappa shape index (κ3) is 0.361. The monoisotopic (exact) mass is 148 g/mol. The summed E-state index contributed by atoms with van der Waals surface area (Å²) < 4.78 is 0. The molecule has 5 aliphatic carbocycles. The summed E-state index contributed by atoms with van der Waals surface area (Å²) in [6, 6.07) is 0. The van der Waals surface area contributed by atoms with Gasteiger partial charge in [-0.3, -0.25) is 0 Å². The molecule has 0 radical (unpaired) electrons. The minimum atomic E-state index is 0.485. The van der Waals surface area contributed by atoms with Gasteiger partial charge in [0, 0.05) is 5.92 Å². The quantitative estimate of drug-likeness (QED) is 0.513. The largest absolute Gasteiger partial charge is 0.303 e. The van der Waals surface area contributed by atoms with Crippen LogP contribution in [0.2, 0.25) is 0 Å². The van der Waals surface area contributed by atoms with Crippen LogP contribution in [0.25, 0.3) is 0 Å². The van der Waals surface area contributed by atoms with Gasteiger partial charge in [0.2, 0.25) is 0 Å². The molecule has 1 nitrogen and oxygen atoms in total. The first-order chi connectivity index (χ1) is 5.42. The van der Waals surface area contributed by atoms with Crippen LogP contribution in [-0.4, -0.2) is 6.29 Å². The number of rotatable bonds is 1. The van der Waals surface area contributed by atoms with E-state index in [2.05, 4.69) is 0 Å². The first-order valence-corrected chi connectivity index (χ1v) is 4.87. The SMILES string of the molecule is O=C[C@@H]1C[C@H]2[C@@H]3C[C@@H]4[C@H]2[C@@H]4[C@@H]31. The molecule has 7 atom stereocenters. The van der Waals surface area contributed by atoms with E-state index in [9.17, 15) is 4.79 Å². The highest BCUT2D eigenvalue weighted by Gasteiger charge is 2.77. The predicted molar refractivity (Wildman–Crippen MR) is 39.7 cm³/mol. The molecule has 58 valence electrons. The summed E-state index contributed by atoms with van der Waals surface area (Å²) >= 11 is 0. The Morgan fingerprint density at radius 2 is 1.73 bits per heavy atom. The van der Waals surface area contributed by atoms with Gasteiger partial charge in [-0.1, -0.05) is 0 Å². The smallest absolute Gasteiger partial charge is 0.123 e. The van der Waals surface area contributed by atoms with Gasteiger partial charge in [-0.2, -0.15) is 0 Å². The van der Waals surface area contributed by atoms with E-state index in [-0.39, 0.29) is 0 Å². The van der Waals surface area contributed by atoms with Crippen LogP contribution in [0.1, 0.15) is 12.8 Å². The summed E-state index contributed by atoms with van der Waals surface area (Å²) in [5.41, 5.74) is 0. The molecule has 0 saturated heterocycles. The third-order valence-electron chi connectivity index (χ3n) is 5.03. The molecule has 0 aromatic heterocycles. The maximum absolute atomic E-state index is 10.7. The van der Waals surface area contributed by atoms with Crippen molar-refractivity contribution in [1.82, 2.24) is 0 Å². The van der Waals surface area contributed by atoms with Crippen molar-refractivity contribution in [2.75, 3.05) is 0 Å². The summed E-state index contributed by atoms with van der Waals surface area (Å²) in [6.07, 6.45) is 4.00. The van der Waals surface area contributed by atoms with E-state index in [1.54, 1.807) is 0 Å². The van der Waals surface area contributed by atoms with Crippen molar-refractivity contribution in [2.45, 2.75) is 12.8 Å². The van der Waals surface area contributed by atoms with Gasteiger partial charge in [-0.25, -0.2) is 0 Å². The van der Waals surface area contributed by atoms with Gasteiger partial charge in [0.15, 0.2) is 0 Å². The number of hydrogen-bond donors (Lipinski definition) is 0. The van der Waals surface area contributed by atoms with E-state index in [4.69, 9.17) is 0 Å². The van der Waals surface area contributed by atoms with Crippen molar-refractivity contribution < 1.29 is 4.79 Å². The molecule has 5 fully saturated rings. The summed E-state index contributed by atoms with van der Waals surface area (Å²) in [6.45, 7) is 0. The Morgan fingerprint density at radius 3 is 2.27 bits per heavy atom. The Kier molecular flexibility index (Phi) is 0.630. The van der Waals surface area contributed by atoms with Crippen LogP contribution in [0, 0.1) is 41.4 Å². The zero-order chi connectivity index (χ0) is 7.16. The minimum absolute atomic E-state index is 0.485. The Morgan fingerprint density at radius 1 is 0.909 bits per heavy atom. The fourth-order valence-corrected chi connectivity index (χ4v) is 4.94. The minimum Gasteiger partial charge on any atom is -0.303 e. The Labute approximate surface area is 66.2 Å². The van der Waals surface area contributed by atoms with Crippen LogP contribution < -0.4 is 0 Å². The average Bonchev–Trinajstić information content (AvgIpc) is 2.41. The third-order valence-corrected chi connectivity index (χ3v) is 5.03. The lowest BCUT2D eigenvalue weighted by molar-refractivity contribution is -0.112. The van der Waals surface area contributed by atoms with Gasteiger partial charge >= 0.3 is 0 Å². The van der Waals surface area contributed by atoms with Crippen molar-refractivity contribution in [3.05, 3.63) is 0 Å². The first kappa shape index (κ1) is 5.34. The highest BCUT2D eigenvalue weighted by atomic mass is 16.1. The molecule has 0 spiro atoms. The predicted octanol–water partition coefficient (Wildman–Crippen LogP) is 1.33. The van der Waals surface area contributed by atoms with Crippen molar-refractivity contribution in [3.63, 3.8) is 0 Å². The molecule has 5 rings (SSSR count). The summed E-state index contributed by atoms with van der Waals surface area (Å²) in [7, 11) is 0. The van der Waals surface area contributed by atoms with Crippen LogP contribution in [-0.2, 0) is 4.79 Å². The lowest BCUT2D eigenvalue weighted by atomic mass is 9.90. The van der Waals surface area contributed by atoms with Crippen LogP contribution in [0.3, 0.4) is 0 Å². The van der Waals surface area contributed by atoms with Crippen molar-refractivity contribution in [2.24, 2.45) is 41.4 Å². The molecule has 11 heavy (non-hydrogen) atoms. The number of aldehydes is 1. The summed E-state index contributed by atoms with van der Waals surface area (Å²) in [5.74, 6) is 6.61. The lowest BCUT2D eigenvalue weighted by Crippen LogP contribution is -2.14. The second-order valence-electron chi connectivity index (χ2n) is 4.99. The van der Waals surface area contributed by atoms with E-state index in [0.717, 1.165) is 35.5 Å². The maximum atomic E-state index is 10.7. The van der Waals surface area contributed by atoms with Gasteiger partial charge in [0.25, 0.3) is 0 Å². The van der Waals surface area contributed by atoms with Gasteiger partial charge in [0.05, 0.1) is 0 Å². The van der Waals surface area contributed by atoms with E-state index >= 15 is 0 Å². The molecule has 0 aliphatic heterocycles. The zero-order valence-electron chi connectivity index (χ0n) is 6.44. The molecule has 0 heterocycles. The first-order valence-electron chi connectivity index (χ1n) is 4.87. The van der Waals surface area contributed by atoms with Gasteiger partial charge in [-0.15, -0.1) is 0 Å². The molecule has 6 bridgehead atoms. The highest BCUT2D eigenvalue weighted by Crippen LogP contribution is 2.81. The molecular weight excluding hydrogens is 136 g/mol. The average molecular weight is 148 g/mol. The maximum Gasteiger partial charge on any atom is 0.123 e. The van der Waals surface area contributed by atoms with E-state index in [1.165, 1.54) is 19.1 Å². The van der Waals surface area contributed by atoms with E-state index in [0.29, 0.717) is 5.92 Å². The van der Waals surface area contributed by atoms with Crippen LogP contribution >= 0.6 is 0 Å². The van der Waals surface area contributed by atoms with E-state index in [1.807, 2.05) is 0 Å². The van der Waals surface area contributed by atoms with Crippen molar-refractivity contribution in [1.29, 1.82) is 0 Å². The highest BCUT2D eigenvalue weighted by molar-refractivity contribution is 5.57. The molecule has 0 amide bonds. The molecule has 1 heteroatoms. The van der Waals surface area contributed by atoms with Gasteiger partial charge in [0.1, 0.15) is 6.29 Å². The lowest BCUT2D eigenvalue weighted by Gasteiger charge is -2.14. The fourth-order valence-electron chi connectivity index (χ4n) is 4.94. The fraction of sp³-hybridized carbons (Fsp3) is 0.900. The number of hydrogen-bond acceptors (Lipinski definition) is 1. The molecule has 0 aromatic carbocycles. The second kappa shape index (κ2) is 1.30. The molecule has 0 N–H and O–H groups in total. The molecule has 0 unspecified atom stereocenters. The Bertz CT molecular complexity index is 247. The molecule has 0 aromatic rings. The van der Waals surface area contributed by atoms with Crippen molar-refractivity contribution >= 4 is 6.29 Å². The Balaban J connectivity index is 1.85. The number of carbonyl (C=O) groups is 1. The summed E-state index contributed by atoms with van der Waals surface area (Å²) in [5, 5.41) is 0. The van der Waals surface area contributed by atoms with Crippen LogP contribution in [0.4, 0.5) is 0 Å². The molecule has 5 saturated carbocycles. The van der Waals surface area contributed by atoms with Gasteiger partial charge in [-0.05, 0) is 48.3 Å².